The summed E-state index contributed by atoms with van der Waals surface area (Å²) in [7, 11) is 1.97. The molecule has 1 heterocycles. The van der Waals surface area contributed by atoms with E-state index in [1.807, 2.05) is 7.05 Å². The molecule has 1 atom stereocenters. The zero-order chi connectivity index (χ0) is 9.14. The lowest BCUT2D eigenvalue weighted by Crippen LogP contribution is -2.55. The van der Waals surface area contributed by atoms with Crippen LogP contribution in [0.3, 0.4) is 0 Å². The van der Waals surface area contributed by atoms with Gasteiger partial charge in [0.05, 0.1) is 0 Å². The van der Waals surface area contributed by atoms with E-state index in [0.29, 0.717) is 19.6 Å². The van der Waals surface area contributed by atoms with Gasteiger partial charge in [-0.3, -0.25) is 4.90 Å². The van der Waals surface area contributed by atoms with Crippen LogP contribution in [-0.4, -0.2) is 60.3 Å². The fourth-order valence-electron chi connectivity index (χ4n) is 1.37. The van der Waals surface area contributed by atoms with Gasteiger partial charge in [-0.05, 0) is 7.05 Å². The van der Waals surface area contributed by atoms with Gasteiger partial charge in [0.2, 0.25) is 0 Å². The largest absolute Gasteiger partial charge is 0.465 e. The molecule has 5 heteroatoms. The first kappa shape index (κ1) is 9.28. The van der Waals surface area contributed by atoms with Gasteiger partial charge in [-0.2, -0.15) is 0 Å². The summed E-state index contributed by atoms with van der Waals surface area (Å²) in [6, 6.07) is 0.176. The molecule has 0 spiro atoms. The van der Waals surface area contributed by atoms with Gasteiger partial charge in [-0.1, -0.05) is 0 Å². The minimum atomic E-state index is -0.846. The Balaban J connectivity index is 2.49. The highest BCUT2D eigenvalue weighted by atomic mass is 16.4. The number of piperazine rings is 1. The van der Waals surface area contributed by atoms with E-state index >= 15 is 0 Å². The van der Waals surface area contributed by atoms with Crippen molar-refractivity contribution in [2.45, 2.75) is 6.04 Å². The van der Waals surface area contributed by atoms with Crippen LogP contribution in [-0.2, 0) is 0 Å². The summed E-state index contributed by atoms with van der Waals surface area (Å²) in [5.74, 6) is 0. The SMILES string of the molecule is CN1CCN(C(=O)O)C[C@H]1CN. The Kier molecular flexibility index (Phi) is 2.88. The first-order valence-electron chi connectivity index (χ1n) is 4.03. The maximum absolute atomic E-state index is 10.6. The van der Waals surface area contributed by atoms with E-state index in [0.717, 1.165) is 6.54 Å². The predicted octanol–water partition coefficient (Wildman–Crippen LogP) is -0.761. The molecule has 1 saturated heterocycles. The van der Waals surface area contributed by atoms with E-state index < -0.39 is 6.09 Å². The molecule has 70 valence electrons. The summed E-state index contributed by atoms with van der Waals surface area (Å²) in [4.78, 5) is 14.1. The number of carboxylic acid groups (broad SMARTS) is 1. The quantitative estimate of drug-likeness (QED) is 0.547. The predicted molar refractivity (Wildman–Crippen MR) is 45.1 cm³/mol. The van der Waals surface area contributed by atoms with Crippen molar-refractivity contribution >= 4 is 6.09 Å². The first-order chi connectivity index (χ1) is 5.65. The number of likely N-dealkylation sites (N-methyl/N-ethyl adjacent to an activating group) is 1. The number of hydrogen-bond acceptors (Lipinski definition) is 3. The van der Waals surface area contributed by atoms with Gasteiger partial charge < -0.3 is 15.7 Å². The number of rotatable bonds is 1. The molecule has 1 aliphatic rings. The first-order valence-corrected chi connectivity index (χ1v) is 4.03. The fraction of sp³-hybridized carbons (Fsp3) is 0.857. The smallest absolute Gasteiger partial charge is 0.407 e. The Hall–Kier alpha value is -0.810. The molecule has 1 rings (SSSR count). The third-order valence-corrected chi connectivity index (χ3v) is 2.32. The molecular formula is C7H15N3O2. The fourth-order valence-corrected chi connectivity index (χ4v) is 1.37. The molecule has 1 fully saturated rings. The van der Waals surface area contributed by atoms with Gasteiger partial charge in [0.15, 0.2) is 0 Å². The minimum Gasteiger partial charge on any atom is -0.465 e. The average Bonchev–Trinajstić information content (AvgIpc) is 2.05. The highest BCUT2D eigenvalue weighted by molar-refractivity contribution is 5.65. The number of nitrogens with zero attached hydrogens (tertiary/aromatic N) is 2. The zero-order valence-electron chi connectivity index (χ0n) is 7.23. The van der Waals surface area contributed by atoms with Gasteiger partial charge in [-0.15, -0.1) is 0 Å². The van der Waals surface area contributed by atoms with Gasteiger partial charge in [0.25, 0.3) is 0 Å². The second-order valence-corrected chi connectivity index (χ2v) is 3.10. The molecule has 0 aliphatic carbocycles. The Morgan fingerprint density at radius 2 is 2.33 bits per heavy atom. The molecule has 1 amide bonds. The van der Waals surface area contributed by atoms with E-state index in [2.05, 4.69) is 4.90 Å². The summed E-state index contributed by atoms with van der Waals surface area (Å²) in [5.41, 5.74) is 5.49. The molecule has 1 aliphatic heterocycles. The number of hydrogen-bond donors (Lipinski definition) is 2. The molecule has 5 nitrogen and oxygen atoms in total. The molecule has 0 radical (unpaired) electrons. The standard InChI is InChI=1S/C7H15N3O2/c1-9-2-3-10(7(11)12)5-6(9)4-8/h6H,2-5,8H2,1H3,(H,11,12)/t6-/m1/s1. The van der Waals surface area contributed by atoms with Crippen LogP contribution in [0, 0.1) is 0 Å². The van der Waals surface area contributed by atoms with E-state index in [4.69, 9.17) is 10.8 Å². The molecule has 12 heavy (non-hydrogen) atoms. The van der Waals surface area contributed by atoms with Gasteiger partial charge in [-0.25, -0.2) is 4.79 Å². The highest BCUT2D eigenvalue weighted by Gasteiger charge is 2.25. The molecule has 3 N–H and O–H groups in total. The molecule has 0 unspecified atom stereocenters. The van der Waals surface area contributed by atoms with Crippen LogP contribution in [0.2, 0.25) is 0 Å². The van der Waals surface area contributed by atoms with E-state index in [-0.39, 0.29) is 6.04 Å². The van der Waals surface area contributed by atoms with Crippen LogP contribution in [0.4, 0.5) is 4.79 Å². The lowest BCUT2D eigenvalue weighted by molar-refractivity contribution is 0.0861. The van der Waals surface area contributed by atoms with Gasteiger partial charge in [0.1, 0.15) is 0 Å². The monoisotopic (exact) mass is 173 g/mol. The Bertz CT molecular complexity index is 174. The van der Waals surface area contributed by atoms with Crippen molar-refractivity contribution in [3.8, 4) is 0 Å². The molecule has 0 saturated carbocycles. The van der Waals surface area contributed by atoms with Crippen molar-refractivity contribution < 1.29 is 9.90 Å². The molecule has 0 aromatic heterocycles. The topological polar surface area (TPSA) is 69.8 Å². The minimum absolute atomic E-state index is 0.176. The zero-order valence-corrected chi connectivity index (χ0v) is 7.23. The third-order valence-electron chi connectivity index (χ3n) is 2.32. The second-order valence-electron chi connectivity index (χ2n) is 3.10. The van der Waals surface area contributed by atoms with Crippen LogP contribution in [0.15, 0.2) is 0 Å². The normalized spacial score (nSPS) is 25.8. The van der Waals surface area contributed by atoms with Crippen LogP contribution in [0.1, 0.15) is 0 Å². The maximum atomic E-state index is 10.6. The average molecular weight is 173 g/mol. The van der Waals surface area contributed by atoms with Crippen LogP contribution < -0.4 is 5.73 Å². The van der Waals surface area contributed by atoms with Crippen molar-refractivity contribution in [2.24, 2.45) is 5.73 Å². The highest BCUT2D eigenvalue weighted by Crippen LogP contribution is 2.06. The Morgan fingerprint density at radius 1 is 1.67 bits per heavy atom. The van der Waals surface area contributed by atoms with Crippen molar-refractivity contribution in [1.29, 1.82) is 0 Å². The Morgan fingerprint density at radius 3 is 2.83 bits per heavy atom. The van der Waals surface area contributed by atoms with Crippen LogP contribution >= 0.6 is 0 Å². The van der Waals surface area contributed by atoms with E-state index in [9.17, 15) is 4.79 Å². The summed E-state index contributed by atoms with van der Waals surface area (Å²) in [6.45, 7) is 2.40. The van der Waals surface area contributed by atoms with Crippen molar-refractivity contribution in [3.05, 3.63) is 0 Å². The number of amides is 1. The van der Waals surface area contributed by atoms with E-state index in [1.54, 1.807) is 0 Å². The molecular weight excluding hydrogens is 158 g/mol. The summed E-state index contributed by atoms with van der Waals surface area (Å²) in [5, 5.41) is 8.70. The number of nitrogens with two attached hydrogens (primary N) is 1. The third kappa shape index (κ3) is 1.86. The summed E-state index contributed by atoms with van der Waals surface area (Å²) in [6.07, 6.45) is -0.846. The lowest BCUT2D eigenvalue weighted by atomic mass is 10.2. The van der Waals surface area contributed by atoms with Gasteiger partial charge in [0, 0.05) is 32.2 Å². The van der Waals surface area contributed by atoms with Crippen molar-refractivity contribution in [3.63, 3.8) is 0 Å². The summed E-state index contributed by atoms with van der Waals surface area (Å²) >= 11 is 0. The Labute approximate surface area is 71.7 Å². The van der Waals surface area contributed by atoms with Crippen LogP contribution in [0.5, 0.6) is 0 Å². The lowest BCUT2D eigenvalue weighted by Gasteiger charge is -2.37. The number of carbonyl (C=O) groups is 1. The maximum Gasteiger partial charge on any atom is 0.407 e. The molecule has 0 aromatic rings. The molecule has 0 aromatic carbocycles. The molecule has 0 bridgehead atoms. The van der Waals surface area contributed by atoms with Crippen LogP contribution in [0.25, 0.3) is 0 Å². The summed E-state index contributed by atoms with van der Waals surface area (Å²) < 4.78 is 0. The van der Waals surface area contributed by atoms with Crippen molar-refractivity contribution in [1.82, 2.24) is 9.80 Å². The second kappa shape index (κ2) is 3.73. The van der Waals surface area contributed by atoms with E-state index in [1.165, 1.54) is 4.90 Å². The van der Waals surface area contributed by atoms with Crippen molar-refractivity contribution in [2.75, 3.05) is 33.2 Å². The van der Waals surface area contributed by atoms with Gasteiger partial charge >= 0.3 is 6.09 Å².